The van der Waals surface area contributed by atoms with Gasteiger partial charge in [-0.3, -0.25) is 4.79 Å². The topological polar surface area (TPSA) is 101 Å². The molecule has 6 nitrogen and oxygen atoms in total. The fourth-order valence-electron chi connectivity index (χ4n) is 1.20. The van der Waals surface area contributed by atoms with Crippen molar-refractivity contribution < 1.29 is 13.2 Å². The Hall–Kier alpha value is -1.10. The quantitative estimate of drug-likeness (QED) is 0.522. The van der Waals surface area contributed by atoms with Crippen LogP contribution in [0.15, 0.2) is 0 Å². The van der Waals surface area contributed by atoms with Crippen LogP contribution in [0.4, 0.5) is 0 Å². The first-order valence-corrected chi connectivity index (χ1v) is 6.92. The normalized spacial score (nSPS) is 13.8. The van der Waals surface area contributed by atoms with Crippen LogP contribution in [-0.4, -0.2) is 38.7 Å². The lowest BCUT2D eigenvalue weighted by atomic mass is 10.1. The molecule has 0 aromatic carbocycles. The molecule has 98 valence electrons. The highest BCUT2D eigenvalue weighted by Gasteiger charge is 2.23. The van der Waals surface area contributed by atoms with Crippen LogP contribution in [0, 0.1) is 12.3 Å². The summed E-state index contributed by atoms with van der Waals surface area (Å²) in [6.45, 7) is 3.44. The van der Waals surface area contributed by atoms with E-state index in [9.17, 15) is 13.2 Å². The van der Waals surface area contributed by atoms with Crippen LogP contribution in [0.25, 0.3) is 0 Å². The molecule has 0 fully saturated rings. The third-order valence-corrected chi connectivity index (χ3v) is 2.76. The van der Waals surface area contributed by atoms with Crippen LogP contribution >= 0.6 is 0 Å². The molecule has 0 aliphatic rings. The number of amides is 1. The van der Waals surface area contributed by atoms with Gasteiger partial charge >= 0.3 is 0 Å². The van der Waals surface area contributed by atoms with Crippen molar-refractivity contribution in [2.24, 2.45) is 5.73 Å². The SMILES string of the molecule is C#CCC(N)C(=O)NCC(C)(C)NS(C)(=O)=O. The van der Waals surface area contributed by atoms with Gasteiger partial charge in [0.25, 0.3) is 0 Å². The molecule has 0 spiro atoms. The van der Waals surface area contributed by atoms with Gasteiger partial charge in [0.1, 0.15) is 0 Å². The molecule has 0 radical (unpaired) electrons. The van der Waals surface area contributed by atoms with E-state index in [-0.39, 0.29) is 13.0 Å². The van der Waals surface area contributed by atoms with Gasteiger partial charge in [-0.15, -0.1) is 12.3 Å². The van der Waals surface area contributed by atoms with Gasteiger partial charge in [-0.25, -0.2) is 13.1 Å². The van der Waals surface area contributed by atoms with Crippen molar-refractivity contribution in [1.82, 2.24) is 10.0 Å². The van der Waals surface area contributed by atoms with E-state index in [4.69, 9.17) is 12.2 Å². The van der Waals surface area contributed by atoms with Gasteiger partial charge in [-0.1, -0.05) is 0 Å². The Morgan fingerprint density at radius 1 is 1.53 bits per heavy atom. The van der Waals surface area contributed by atoms with Crippen molar-refractivity contribution in [1.29, 1.82) is 0 Å². The first-order chi connectivity index (χ1) is 7.57. The van der Waals surface area contributed by atoms with Crippen LogP contribution < -0.4 is 15.8 Å². The third-order valence-electron chi connectivity index (χ3n) is 1.84. The van der Waals surface area contributed by atoms with Crippen LogP contribution in [0.3, 0.4) is 0 Å². The standard InChI is InChI=1S/C10H19N3O3S/c1-5-6-8(11)9(14)12-7-10(2,3)13-17(4,15)16/h1,8,13H,6-7,11H2,2-4H3,(H,12,14). The Morgan fingerprint density at radius 2 is 2.06 bits per heavy atom. The van der Waals surface area contributed by atoms with Crippen molar-refractivity contribution in [3.05, 3.63) is 0 Å². The molecule has 1 unspecified atom stereocenters. The monoisotopic (exact) mass is 261 g/mol. The summed E-state index contributed by atoms with van der Waals surface area (Å²) in [5, 5.41) is 2.54. The van der Waals surface area contributed by atoms with E-state index < -0.39 is 27.5 Å². The fourth-order valence-corrected chi connectivity index (χ4v) is 2.27. The van der Waals surface area contributed by atoms with Gasteiger partial charge in [0, 0.05) is 18.5 Å². The highest BCUT2D eigenvalue weighted by Crippen LogP contribution is 2.02. The average molecular weight is 261 g/mol. The summed E-state index contributed by atoms with van der Waals surface area (Å²) in [5.74, 6) is 1.89. The number of terminal acetylenes is 1. The molecular weight excluding hydrogens is 242 g/mol. The maximum Gasteiger partial charge on any atom is 0.237 e. The van der Waals surface area contributed by atoms with Gasteiger partial charge in [0.2, 0.25) is 15.9 Å². The summed E-state index contributed by atoms with van der Waals surface area (Å²) >= 11 is 0. The first-order valence-electron chi connectivity index (χ1n) is 5.03. The van der Waals surface area contributed by atoms with Gasteiger partial charge < -0.3 is 11.1 Å². The van der Waals surface area contributed by atoms with Crippen LogP contribution in [-0.2, 0) is 14.8 Å². The maximum atomic E-state index is 11.4. The number of carbonyl (C=O) groups is 1. The number of sulfonamides is 1. The Morgan fingerprint density at radius 3 is 2.47 bits per heavy atom. The van der Waals surface area contributed by atoms with E-state index in [0.717, 1.165) is 6.26 Å². The molecular formula is C10H19N3O3S. The summed E-state index contributed by atoms with van der Waals surface area (Å²) in [6.07, 6.45) is 6.23. The predicted octanol–water partition coefficient (Wildman–Crippen LogP) is -1.22. The van der Waals surface area contributed by atoms with Crippen LogP contribution in [0.5, 0.6) is 0 Å². The third kappa shape index (κ3) is 7.74. The minimum absolute atomic E-state index is 0.136. The molecule has 7 heteroatoms. The molecule has 0 aromatic heterocycles. The first kappa shape index (κ1) is 15.9. The molecule has 0 saturated heterocycles. The van der Waals surface area contributed by atoms with Crippen molar-refractivity contribution >= 4 is 15.9 Å². The van der Waals surface area contributed by atoms with Crippen molar-refractivity contribution in [3.63, 3.8) is 0 Å². The maximum absolute atomic E-state index is 11.4. The number of nitrogens with one attached hydrogen (secondary N) is 2. The average Bonchev–Trinajstić information content (AvgIpc) is 2.10. The zero-order valence-corrected chi connectivity index (χ0v) is 11.1. The van der Waals surface area contributed by atoms with Crippen LogP contribution in [0.2, 0.25) is 0 Å². The number of hydrogen-bond donors (Lipinski definition) is 3. The van der Waals surface area contributed by atoms with Crippen LogP contribution in [0.1, 0.15) is 20.3 Å². The number of nitrogens with two attached hydrogens (primary N) is 1. The Bertz CT molecular complexity index is 409. The molecule has 0 heterocycles. The zero-order valence-electron chi connectivity index (χ0n) is 10.3. The number of carbonyl (C=O) groups excluding carboxylic acids is 1. The predicted molar refractivity (Wildman–Crippen MR) is 66.5 cm³/mol. The van der Waals surface area contributed by atoms with E-state index in [1.54, 1.807) is 13.8 Å². The van der Waals surface area contributed by atoms with Gasteiger partial charge in [0.05, 0.1) is 12.3 Å². The Labute approximate surface area is 102 Å². The Kier molecular flexibility index (Phi) is 5.61. The second-order valence-electron chi connectivity index (χ2n) is 4.49. The van der Waals surface area contributed by atoms with Gasteiger partial charge in [-0.2, -0.15) is 0 Å². The minimum Gasteiger partial charge on any atom is -0.353 e. The summed E-state index contributed by atoms with van der Waals surface area (Å²) in [6, 6.07) is -0.769. The lowest BCUT2D eigenvalue weighted by molar-refractivity contribution is -0.122. The number of hydrogen-bond acceptors (Lipinski definition) is 4. The molecule has 4 N–H and O–H groups in total. The molecule has 1 amide bonds. The van der Waals surface area contributed by atoms with E-state index in [1.165, 1.54) is 0 Å². The molecule has 0 aliphatic heterocycles. The smallest absolute Gasteiger partial charge is 0.237 e. The fraction of sp³-hybridized carbons (Fsp3) is 0.700. The highest BCUT2D eigenvalue weighted by atomic mass is 32.2. The minimum atomic E-state index is -3.33. The lowest BCUT2D eigenvalue weighted by Gasteiger charge is -2.25. The van der Waals surface area contributed by atoms with Crippen molar-refractivity contribution in [2.45, 2.75) is 31.8 Å². The molecule has 0 rings (SSSR count). The molecule has 1 atom stereocenters. The zero-order chi connectivity index (χ0) is 13.7. The second kappa shape index (κ2) is 6.00. The van der Waals surface area contributed by atoms with E-state index >= 15 is 0 Å². The van der Waals surface area contributed by atoms with E-state index in [1.807, 2.05) is 0 Å². The lowest BCUT2D eigenvalue weighted by Crippen LogP contribution is -2.53. The molecule has 0 bridgehead atoms. The van der Waals surface area contributed by atoms with Gasteiger partial charge in [0.15, 0.2) is 0 Å². The highest BCUT2D eigenvalue weighted by molar-refractivity contribution is 7.88. The molecule has 0 aromatic rings. The summed E-state index contributed by atoms with van der Waals surface area (Å²) < 4.78 is 24.5. The summed E-state index contributed by atoms with van der Waals surface area (Å²) in [4.78, 5) is 11.4. The molecule has 0 saturated carbocycles. The second-order valence-corrected chi connectivity index (χ2v) is 6.24. The van der Waals surface area contributed by atoms with E-state index in [2.05, 4.69) is 16.0 Å². The molecule has 0 aliphatic carbocycles. The van der Waals surface area contributed by atoms with Crippen molar-refractivity contribution in [2.75, 3.05) is 12.8 Å². The van der Waals surface area contributed by atoms with Crippen molar-refractivity contribution in [3.8, 4) is 12.3 Å². The summed E-state index contributed by atoms with van der Waals surface area (Å²) in [7, 11) is -3.33. The number of rotatable bonds is 6. The summed E-state index contributed by atoms with van der Waals surface area (Å²) in [5.41, 5.74) is 4.71. The largest absolute Gasteiger partial charge is 0.353 e. The molecule has 17 heavy (non-hydrogen) atoms. The van der Waals surface area contributed by atoms with E-state index in [0.29, 0.717) is 0 Å². The Balaban J connectivity index is 4.28. The van der Waals surface area contributed by atoms with Gasteiger partial charge in [-0.05, 0) is 13.8 Å².